The minimum atomic E-state index is -0.224. The molecular formula is C18H23FN4O2. The molecule has 1 aromatic carbocycles. The molecule has 3 rings (SSSR count). The molecule has 25 heavy (non-hydrogen) atoms. The molecule has 7 heteroatoms. The molecule has 0 radical (unpaired) electrons. The van der Waals surface area contributed by atoms with E-state index in [2.05, 4.69) is 15.5 Å². The van der Waals surface area contributed by atoms with Crippen LogP contribution in [0.4, 0.5) is 9.18 Å². The van der Waals surface area contributed by atoms with Crippen molar-refractivity contribution < 1.29 is 13.7 Å². The number of carbonyl (C=O) groups excluding carboxylic acids is 1. The summed E-state index contributed by atoms with van der Waals surface area (Å²) < 4.78 is 18.1. The zero-order valence-electron chi connectivity index (χ0n) is 14.5. The number of hydrogen-bond acceptors (Lipinski definition) is 4. The maximum atomic E-state index is 13.0. The third-order valence-corrected chi connectivity index (χ3v) is 4.67. The second-order valence-electron chi connectivity index (χ2n) is 6.67. The number of halogens is 1. The Labute approximate surface area is 146 Å². The molecule has 0 saturated heterocycles. The molecule has 2 unspecified atom stereocenters. The van der Waals surface area contributed by atoms with Gasteiger partial charge < -0.3 is 14.7 Å². The number of aryl methyl sites for hydroxylation is 1. The van der Waals surface area contributed by atoms with Crippen LogP contribution in [-0.2, 0) is 13.0 Å². The number of nitrogens with zero attached hydrogens (tertiary/aromatic N) is 3. The molecule has 0 spiro atoms. The fraction of sp³-hybridized carbons (Fsp3) is 0.500. The first-order chi connectivity index (χ1) is 12.0. The van der Waals surface area contributed by atoms with Crippen LogP contribution in [0.2, 0.25) is 0 Å². The summed E-state index contributed by atoms with van der Waals surface area (Å²) in [4.78, 5) is 18.1. The minimum absolute atomic E-state index is 0.129. The third kappa shape index (κ3) is 4.55. The van der Waals surface area contributed by atoms with E-state index >= 15 is 0 Å². The summed E-state index contributed by atoms with van der Waals surface area (Å²) in [6, 6.07) is 6.58. The van der Waals surface area contributed by atoms with Crippen molar-refractivity contribution in [2.75, 3.05) is 7.05 Å². The normalized spacial score (nSPS) is 19.8. The summed E-state index contributed by atoms with van der Waals surface area (Å²) in [7, 11) is 1.71. The Kier molecular flexibility index (Phi) is 5.31. The SMILES string of the molecule is Cc1noc(CN(C)C(=O)NC2CCCC2Cc2ccc(F)cc2)n1. The van der Waals surface area contributed by atoms with Gasteiger partial charge in [0.15, 0.2) is 5.82 Å². The van der Waals surface area contributed by atoms with E-state index in [0.717, 1.165) is 31.2 Å². The lowest BCUT2D eigenvalue weighted by atomic mass is 9.94. The lowest BCUT2D eigenvalue weighted by Crippen LogP contribution is -2.44. The van der Waals surface area contributed by atoms with Crippen molar-refractivity contribution in [3.63, 3.8) is 0 Å². The Morgan fingerprint density at radius 3 is 2.80 bits per heavy atom. The summed E-state index contributed by atoms with van der Waals surface area (Å²) in [5.74, 6) is 1.12. The maximum Gasteiger partial charge on any atom is 0.317 e. The van der Waals surface area contributed by atoms with Crippen molar-refractivity contribution in [2.45, 2.75) is 45.2 Å². The van der Waals surface area contributed by atoms with Crippen molar-refractivity contribution in [1.82, 2.24) is 20.4 Å². The number of amides is 2. The van der Waals surface area contributed by atoms with E-state index in [1.807, 2.05) is 12.1 Å². The van der Waals surface area contributed by atoms with E-state index in [4.69, 9.17) is 4.52 Å². The number of benzene rings is 1. The van der Waals surface area contributed by atoms with Crippen LogP contribution < -0.4 is 5.32 Å². The van der Waals surface area contributed by atoms with Gasteiger partial charge in [0.2, 0.25) is 5.89 Å². The molecule has 2 amide bonds. The Morgan fingerprint density at radius 2 is 2.12 bits per heavy atom. The van der Waals surface area contributed by atoms with Crippen LogP contribution in [0.15, 0.2) is 28.8 Å². The lowest BCUT2D eigenvalue weighted by molar-refractivity contribution is 0.192. The highest BCUT2D eigenvalue weighted by Gasteiger charge is 2.29. The Morgan fingerprint density at radius 1 is 1.36 bits per heavy atom. The molecule has 1 aliphatic carbocycles. The van der Waals surface area contributed by atoms with Crippen molar-refractivity contribution in [1.29, 1.82) is 0 Å². The number of carbonyl (C=O) groups is 1. The molecule has 1 N–H and O–H groups in total. The number of hydrogen-bond donors (Lipinski definition) is 1. The molecule has 1 saturated carbocycles. The Hall–Kier alpha value is -2.44. The van der Waals surface area contributed by atoms with Gasteiger partial charge >= 0.3 is 6.03 Å². The number of nitrogens with one attached hydrogen (secondary N) is 1. The topological polar surface area (TPSA) is 71.3 Å². The van der Waals surface area contributed by atoms with Crippen molar-refractivity contribution >= 4 is 6.03 Å². The Balaban J connectivity index is 1.55. The predicted molar refractivity (Wildman–Crippen MR) is 90.3 cm³/mol. The largest absolute Gasteiger partial charge is 0.337 e. The first kappa shape index (κ1) is 17.4. The highest BCUT2D eigenvalue weighted by atomic mass is 19.1. The van der Waals surface area contributed by atoms with E-state index in [-0.39, 0.29) is 24.4 Å². The fourth-order valence-corrected chi connectivity index (χ4v) is 3.34. The highest BCUT2D eigenvalue weighted by molar-refractivity contribution is 5.74. The monoisotopic (exact) mass is 346 g/mol. The van der Waals surface area contributed by atoms with Crippen LogP contribution in [0, 0.1) is 18.7 Å². The van der Waals surface area contributed by atoms with Gasteiger partial charge in [-0.05, 0) is 49.8 Å². The molecule has 1 heterocycles. The number of rotatable bonds is 5. The van der Waals surface area contributed by atoms with Gasteiger partial charge in [-0.1, -0.05) is 23.7 Å². The van der Waals surface area contributed by atoms with E-state index in [1.165, 1.54) is 12.1 Å². The molecule has 0 bridgehead atoms. The first-order valence-electron chi connectivity index (χ1n) is 8.56. The van der Waals surface area contributed by atoms with Crippen LogP contribution in [0.3, 0.4) is 0 Å². The zero-order valence-corrected chi connectivity index (χ0v) is 14.5. The molecule has 2 atom stereocenters. The molecule has 6 nitrogen and oxygen atoms in total. The smallest absolute Gasteiger partial charge is 0.317 e. The quantitative estimate of drug-likeness (QED) is 0.903. The first-order valence-corrected chi connectivity index (χ1v) is 8.56. The standard InChI is InChI=1S/C18H23FN4O2/c1-12-20-17(25-22-12)11-23(2)18(24)21-16-5-3-4-14(16)10-13-6-8-15(19)9-7-13/h6-9,14,16H,3-5,10-11H2,1-2H3,(H,21,24). The molecule has 1 aliphatic rings. The maximum absolute atomic E-state index is 13.0. The van der Waals surface area contributed by atoms with Crippen LogP contribution in [0.25, 0.3) is 0 Å². The Bertz CT molecular complexity index is 716. The van der Waals surface area contributed by atoms with Gasteiger partial charge in [0.05, 0.1) is 0 Å². The van der Waals surface area contributed by atoms with Gasteiger partial charge in [0.25, 0.3) is 0 Å². The average molecular weight is 346 g/mol. The van der Waals surface area contributed by atoms with Gasteiger partial charge in [-0.25, -0.2) is 9.18 Å². The summed E-state index contributed by atoms with van der Waals surface area (Å²) in [6.07, 6.45) is 3.96. The van der Waals surface area contributed by atoms with Gasteiger partial charge in [-0.15, -0.1) is 0 Å². The summed E-state index contributed by atoms with van der Waals surface area (Å²) in [5, 5.41) is 6.84. The minimum Gasteiger partial charge on any atom is -0.337 e. The average Bonchev–Trinajstić information content (AvgIpc) is 3.19. The molecular weight excluding hydrogens is 323 g/mol. The van der Waals surface area contributed by atoms with E-state index < -0.39 is 0 Å². The van der Waals surface area contributed by atoms with Gasteiger partial charge in [0, 0.05) is 13.1 Å². The zero-order chi connectivity index (χ0) is 17.8. The third-order valence-electron chi connectivity index (χ3n) is 4.67. The highest BCUT2D eigenvalue weighted by Crippen LogP contribution is 2.29. The summed E-state index contributed by atoms with van der Waals surface area (Å²) in [6.45, 7) is 2.02. The molecule has 2 aromatic rings. The molecule has 1 fully saturated rings. The summed E-state index contributed by atoms with van der Waals surface area (Å²) in [5.41, 5.74) is 1.10. The van der Waals surface area contributed by atoms with E-state index in [9.17, 15) is 9.18 Å². The molecule has 1 aromatic heterocycles. The number of aromatic nitrogens is 2. The summed E-state index contributed by atoms with van der Waals surface area (Å²) >= 11 is 0. The van der Waals surface area contributed by atoms with Crippen molar-refractivity contribution in [3.05, 3.63) is 47.4 Å². The van der Waals surface area contributed by atoms with Gasteiger partial charge in [-0.3, -0.25) is 0 Å². The van der Waals surface area contributed by atoms with Crippen LogP contribution in [-0.4, -0.2) is 34.2 Å². The van der Waals surface area contributed by atoms with Gasteiger partial charge in [-0.2, -0.15) is 4.98 Å². The van der Waals surface area contributed by atoms with Gasteiger partial charge in [0.1, 0.15) is 12.4 Å². The lowest BCUT2D eigenvalue weighted by Gasteiger charge is -2.24. The second-order valence-corrected chi connectivity index (χ2v) is 6.67. The van der Waals surface area contributed by atoms with Crippen LogP contribution in [0.5, 0.6) is 0 Å². The second kappa shape index (κ2) is 7.63. The van der Waals surface area contributed by atoms with E-state index in [0.29, 0.717) is 17.6 Å². The van der Waals surface area contributed by atoms with Crippen LogP contribution >= 0.6 is 0 Å². The van der Waals surface area contributed by atoms with E-state index in [1.54, 1.807) is 18.9 Å². The molecule has 0 aliphatic heterocycles. The predicted octanol–water partition coefficient (Wildman–Crippen LogP) is 3.07. The van der Waals surface area contributed by atoms with Crippen molar-refractivity contribution in [3.8, 4) is 0 Å². The fourth-order valence-electron chi connectivity index (χ4n) is 3.34. The molecule has 134 valence electrons. The number of urea groups is 1. The van der Waals surface area contributed by atoms with Crippen molar-refractivity contribution in [2.24, 2.45) is 5.92 Å². The van der Waals surface area contributed by atoms with Crippen LogP contribution in [0.1, 0.15) is 36.5 Å².